The molecule has 0 saturated carbocycles. The van der Waals surface area contributed by atoms with Gasteiger partial charge < -0.3 is 40.8 Å². The maximum atomic E-state index is 13.0. The summed E-state index contributed by atoms with van der Waals surface area (Å²) < 4.78 is 15.9. The first-order valence-electron chi connectivity index (χ1n) is 21.6. The zero-order valence-electron chi connectivity index (χ0n) is 38.4. The highest BCUT2D eigenvalue weighted by molar-refractivity contribution is 6.20. The Morgan fingerprint density at radius 3 is 1.46 bits per heavy atom. The highest BCUT2D eigenvalue weighted by Crippen LogP contribution is 2.24. The van der Waals surface area contributed by atoms with Crippen molar-refractivity contribution in [2.45, 2.75) is 86.6 Å². The van der Waals surface area contributed by atoms with Crippen LogP contribution < -0.4 is 26.6 Å². The molecule has 3 aromatic carbocycles. The van der Waals surface area contributed by atoms with Gasteiger partial charge in [0.15, 0.2) is 0 Å². The van der Waals surface area contributed by atoms with E-state index in [0.29, 0.717) is 52.0 Å². The van der Waals surface area contributed by atoms with Crippen molar-refractivity contribution in [2.75, 3.05) is 35.8 Å². The minimum Gasteiger partial charge on any atom is -0.462 e. The first kappa shape index (κ1) is 50.3. The second-order valence-corrected chi connectivity index (χ2v) is 16.0. The number of allylic oxidation sites excluding steroid dienone is 1. The van der Waals surface area contributed by atoms with Crippen molar-refractivity contribution in [3.05, 3.63) is 113 Å². The van der Waals surface area contributed by atoms with Crippen LogP contribution in [0.1, 0.15) is 103 Å². The molecule has 5 N–H and O–H groups in total. The van der Waals surface area contributed by atoms with Crippen LogP contribution in [-0.2, 0) is 33.4 Å². The van der Waals surface area contributed by atoms with Gasteiger partial charge in [-0.05, 0) is 126 Å². The molecule has 0 aliphatic heterocycles. The van der Waals surface area contributed by atoms with Gasteiger partial charge in [-0.15, -0.1) is 0 Å². The van der Waals surface area contributed by atoms with E-state index < -0.39 is 35.3 Å². The summed E-state index contributed by atoms with van der Waals surface area (Å²) in [5.74, 6) is -2.32. The van der Waals surface area contributed by atoms with Gasteiger partial charge >= 0.3 is 17.9 Å². The Bertz CT molecular complexity index is 2350. The molecule has 344 valence electrons. The summed E-state index contributed by atoms with van der Waals surface area (Å²) in [5.41, 5.74) is 2.74. The van der Waals surface area contributed by atoms with Gasteiger partial charge in [0.2, 0.25) is 17.8 Å². The number of benzene rings is 3. The molecular weight excluding hydrogens is 829 g/mol. The number of esters is 3. The number of rotatable bonds is 22. The van der Waals surface area contributed by atoms with Crippen LogP contribution in [0.2, 0.25) is 0 Å². The Kier molecular flexibility index (Phi) is 18.9. The molecule has 65 heavy (non-hydrogen) atoms. The Labute approximate surface area is 380 Å². The van der Waals surface area contributed by atoms with Crippen molar-refractivity contribution >= 4 is 76.8 Å². The molecule has 4 rings (SSSR count). The van der Waals surface area contributed by atoms with E-state index in [-0.39, 0.29) is 42.2 Å². The van der Waals surface area contributed by atoms with Crippen LogP contribution in [0.15, 0.2) is 96.2 Å². The van der Waals surface area contributed by atoms with Crippen LogP contribution in [0.5, 0.6) is 0 Å². The minimum atomic E-state index is -0.771. The van der Waals surface area contributed by atoms with Crippen molar-refractivity contribution in [2.24, 2.45) is 5.92 Å². The number of aromatic nitrogens is 3. The van der Waals surface area contributed by atoms with Crippen LogP contribution >= 0.6 is 0 Å². The number of nitrogens with zero attached hydrogens (tertiary/aromatic N) is 3. The maximum Gasteiger partial charge on any atom is 0.343 e. The van der Waals surface area contributed by atoms with Gasteiger partial charge in [-0.1, -0.05) is 64.0 Å². The first-order valence-corrected chi connectivity index (χ1v) is 21.6. The van der Waals surface area contributed by atoms with E-state index in [1.54, 1.807) is 93.6 Å². The molecule has 0 aliphatic rings. The summed E-state index contributed by atoms with van der Waals surface area (Å²) in [6, 6.07) is 20.5. The van der Waals surface area contributed by atoms with Crippen LogP contribution in [0.3, 0.4) is 0 Å². The SMILES string of the molecule is C=C(C)NC(=O)/C(=C\c1ccc(Nc2nc(Nc3ccc(/C=C(\C(=O)NC(C)(C)C)C(=O)OCC)cc3)nc(Nc3ccc(C(=O)OCC(CC)CCCC)cc3)n2)cc1)C(=O)OCC. The normalized spacial score (nSPS) is 12.0. The second-order valence-electron chi connectivity index (χ2n) is 16.0. The fourth-order valence-electron chi connectivity index (χ4n) is 5.98. The van der Waals surface area contributed by atoms with Crippen LogP contribution in [0.25, 0.3) is 12.2 Å². The van der Waals surface area contributed by atoms with E-state index in [1.807, 2.05) is 20.8 Å². The molecule has 2 amide bonds. The van der Waals surface area contributed by atoms with E-state index in [4.69, 9.17) is 14.2 Å². The highest BCUT2D eigenvalue weighted by atomic mass is 16.5. The molecular formula is C49H60N8O8. The van der Waals surface area contributed by atoms with E-state index >= 15 is 0 Å². The average molecular weight is 889 g/mol. The van der Waals surface area contributed by atoms with Gasteiger partial charge in [-0.2, -0.15) is 15.0 Å². The lowest BCUT2D eigenvalue weighted by Crippen LogP contribution is -2.42. The molecule has 4 aromatic rings. The number of ether oxygens (including phenoxy) is 3. The molecule has 0 aliphatic carbocycles. The Hall–Kier alpha value is -7.36. The van der Waals surface area contributed by atoms with E-state index in [2.05, 4.69) is 62.0 Å². The molecule has 0 saturated heterocycles. The predicted molar refractivity (Wildman–Crippen MR) is 253 cm³/mol. The summed E-state index contributed by atoms with van der Waals surface area (Å²) in [6.45, 7) is 18.9. The highest BCUT2D eigenvalue weighted by Gasteiger charge is 2.24. The van der Waals surface area contributed by atoms with Gasteiger partial charge in [-0.25, -0.2) is 14.4 Å². The molecule has 1 unspecified atom stereocenters. The molecule has 0 bridgehead atoms. The third kappa shape index (κ3) is 16.7. The number of amides is 2. The van der Waals surface area contributed by atoms with Gasteiger partial charge in [0, 0.05) is 28.3 Å². The van der Waals surface area contributed by atoms with E-state index in [9.17, 15) is 24.0 Å². The van der Waals surface area contributed by atoms with Gasteiger partial charge in [-0.3, -0.25) is 9.59 Å². The number of nitrogens with one attached hydrogen (secondary N) is 5. The number of carbonyl (C=O) groups is 5. The van der Waals surface area contributed by atoms with Crippen molar-refractivity contribution < 1.29 is 38.2 Å². The Balaban J connectivity index is 1.63. The fourth-order valence-corrected chi connectivity index (χ4v) is 5.98. The molecule has 1 aromatic heterocycles. The lowest BCUT2D eigenvalue weighted by molar-refractivity contribution is -0.141. The number of hydrogen-bond donors (Lipinski definition) is 5. The number of unbranched alkanes of at least 4 members (excludes halogenated alkanes) is 1. The summed E-state index contributed by atoms with van der Waals surface area (Å²) in [5, 5.41) is 14.9. The van der Waals surface area contributed by atoms with Gasteiger partial charge in [0.1, 0.15) is 11.1 Å². The van der Waals surface area contributed by atoms with Crippen LogP contribution in [-0.4, -0.2) is 70.0 Å². The third-order valence-corrected chi connectivity index (χ3v) is 9.26. The quantitative estimate of drug-likeness (QED) is 0.0164. The van der Waals surface area contributed by atoms with E-state index in [0.717, 1.165) is 25.7 Å². The van der Waals surface area contributed by atoms with Crippen LogP contribution in [0.4, 0.5) is 34.9 Å². The first-order chi connectivity index (χ1) is 31.0. The maximum absolute atomic E-state index is 13.0. The summed E-state index contributed by atoms with van der Waals surface area (Å²) in [7, 11) is 0. The topological polar surface area (TPSA) is 212 Å². The lowest BCUT2D eigenvalue weighted by Gasteiger charge is -2.21. The summed E-state index contributed by atoms with van der Waals surface area (Å²) in [6.07, 6.45) is 7.01. The molecule has 0 fully saturated rings. The zero-order chi connectivity index (χ0) is 47.5. The number of carbonyl (C=O) groups excluding carboxylic acids is 5. The Morgan fingerprint density at radius 1 is 0.646 bits per heavy atom. The molecule has 0 radical (unpaired) electrons. The van der Waals surface area contributed by atoms with Gasteiger partial charge in [0.25, 0.3) is 11.8 Å². The van der Waals surface area contributed by atoms with Crippen LogP contribution in [0, 0.1) is 5.92 Å². The van der Waals surface area contributed by atoms with Crippen molar-refractivity contribution in [1.82, 2.24) is 25.6 Å². The van der Waals surface area contributed by atoms with Crippen molar-refractivity contribution in [3.8, 4) is 0 Å². The molecule has 0 spiro atoms. The standard InChI is InChI=1S/C49H60N8O8/c1-10-14-15-32(11-2)30-65-43(60)35-20-26-38(27-21-35)53-48-55-46(51-36-22-16-33(17-23-36)28-39(44(61)63-12-3)41(58)50-31(5)6)54-47(56-48)52-37-24-18-34(19-25-37)29-40(45(62)64-13-4)42(59)57-49(7,8)9/h16-29,32H,5,10-15,30H2,1-4,6-9H3,(H,50,58)(H,57,59)(H3,51,52,53,54,55,56)/b39-28+,40-29+. The third-order valence-electron chi connectivity index (χ3n) is 9.26. The smallest absolute Gasteiger partial charge is 0.343 e. The molecule has 16 nitrogen and oxygen atoms in total. The summed E-state index contributed by atoms with van der Waals surface area (Å²) in [4.78, 5) is 77.8. The van der Waals surface area contributed by atoms with Crippen molar-refractivity contribution in [1.29, 1.82) is 0 Å². The number of hydrogen-bond acceptors (Lipinski definition) is 14. The minimum absolute atomic E-state index is 0.0935. The fraction of sp³-hybridized carbons (Fsp3) is 0.347. The van der Waals surface area contributed by atoms with Gasteiger partial charge in [0.05, 0.1) is 25.4 Å². The van der Waals surface area contributed by atoms with Crippen molar-refractivity contribution in [3.63, 3.8) is 0 Å². The molecule has 16 heteroatoms. The second kappa shape index (κ2) is 24.5. The molecule has 1 heterocycles. The monoisotopic (exact) mass is 888 g/mol. The lowest BCUT2D eigenvalue weighted by atomic mass is 10.0. The Morgan fingerprint density at radius 2 is 1.08 bits per heavy atom. The largest absolute Gasteiger partial charge is 0.462 e. The summed E-state index contributed by atoms with van der Waals surface area (Å²) >= 11 is 0. The molecule has 1 atom stereocenters. The number of anilines is 6. The zero-order valence-corrected chi connectivity index (χ0v) is 38.4. The average Bonchev–Trinajstić information content (AvgIpc) is 3.25. The predicted octanol–water partition coefficient (Wildman–Crippen LogP) is 8.93. The van der Waals surface area contributed by atoms with E-state index in [1.165, 1.54) is 12.2 Å².